The third-order valence-electron chi connectivity index (χ3n) is 3.13. The maximum Gasteiger partial charge on any atom is 0.322 e. The van der Waals surface area contributed by atoms with E-state index >= 15 is 0 Å². The molecule has 0 aromatic heterocycles. The molecule has 6 nitrogen and oxygen atoms in total. The van der Waals surface area contributed by atoms with Crippen LogP contribution in [0.2, 0.25) is 0 Å². The van der Waals surface area contributed by atoms with E-state index in [0.29, 0.717) is 5.56 Å². The monoisotopic (exact) mass is 342 g/mol. The molecule has 0 heterocycles. The van der Waals surface area contributed by atoms with E-state index in [9.17, 15) is 18.8 Å². The first-order valence-electron chi connectivity index (χ1n) is 7.30. The maximum atomic E-state index is 13.8. The molecule has 0 aliphatic carbocycles. The molecule has 0 spiro atoms. The average Bonchev–Trinajstić information content (AvgIpc) is 2.61. The van der Waals surface area contributed by atoms with Gasteiger partial charge in [0.05, 0.1) is 0 Å². The first kappa shape index (κ1) is 17.9. The Balaban J connectivity index is 2.28. The molecule has 2 amide bonds. The van der Waals surface area contributed by atoms with Crippen molar-refractivity contribution in [1.82, 2.24) is 10.6 Å². The minimum absolute atomic E-state index is 0.0799. The molecule has 0 bridgehead atoms. The highest BCUT2D eigenvalue weighted by molar-refractivity contribution is 6.05. The van der Waals surface area contributed by atoms with Gasteiger partial charge in [-0.3, -0.25) is 14.4 Å². The molecule has 2 aromatic rings. The number of carbonyl (C=O) groups is 3. The Morgan fingerprint density at radius 1 is 1.00 bits per heavy atom. The molecule has 0 aliphatic rings. The molecular weight excluding hydrogens is 327 g/mol. The molecule has 3 N–H and O–H groups in total. The number of halogens is 1. The van der Waals surface area contributed by atoms with E-state index < -0.39 is 30.1 Å². The fourth-order valence-corrected chi connectivity index (χ4v) is 1.94. The van der Waals surface area contributed by atoms with Crippen LogP contribution in [0.3, 0.4) is 0 Å². The Labute approximate surface area is 143 Å². The summed E-state index contributed by atoms with van der Waals surface area (Å²) in [5.41, 5.74) is 0.115. The van der Waals surface area contributed by atoms with E-state index in [1.807, 2.05) is 0 Å². The number of carbonyl (C=O) groups excluding carboxylic acids is 2. The first-order valence-corrected chi connectivity index (χ1v) is 7.30. The van der Waals surface area contributed by atoms with E-state index in [2.05, 4.69) is 10.6 Å². The number of rotatable bonds is 6. The van der Waals surface area contributed by atoms with Crippen LogP contribution in [0, 0.1) is 5.82 Å². The maximum absolute atomic E-state index is 13.8. The van der Waals surface area contributed by atoms with Gasteiger partial charge in [0.15, 0.2) is 0 Å². The predicted octanol–water partition coefficient (Wildman–Crippen LogP) is 1.80. The van der Waals surface area contributed by atoms with E-state index in [0.717, 1.165) is 6.08 Å². The standard InChI is InChI=1S/C18H15FN2O4/c19-14-9-5-4-8-13(14)10-15(18(25)20-11-16(22)23)21-17(24)12-6-2-1-3-7-12/h1-10H,11H2,(H,20,25)(H,21,24)(H,22,23)/b15-10-. The van der Waals surface area contributed by atoms with E-state index in [-0.39, 0.29) is 11.3 Å². The molecule has 7 heteroatoms. The van der Waals surface area contributed by atoms with Gasteiger partial charge in [0.25, 0.3) is 11.8 Å². The van der Waals surface area contributed by atoms with E-state index in [4.69, 9.17) is 5.11 Å². The lowest BCUT2D eigenvalue weighted by atomic mass is 10.1. The van der Waals surface area contributed by atoms with Crippen LogP contribution in [0.4, 0.5) is 4.39 Å². The second-order valence-corrected chi connectivity index (χ2v) is 4.98. The van der Waals surface area contributed by atoms with Gasteiger partial charge in [-0.1, -0.05) is 36.4 Å². The number of nitrogens with one attached hydrogen (secondary N) is 2. The summed E-state index contributed by atoms with van der Waals surface area (Å²) in [4.78, 5) is 35.0. The van der Waals surface area contributed by atoms with Crippen molar-refractivity contribution in [2.45, 2.75) is 0 Å². The number of benzene rings is 2. The normalized spacial score (nSPS) is 10.8. The number of carboxylic acids is 1. The van der Waals surface area contributed by atoms with Crippen LogP contribution < -0.4 is 10.6 Å². The minimum Gasteiger partial charge on any atom is -0.480 e. The van der Waals surface area contributed by atoms with Gasteiger partial charge in [-0.05, 0) is 24.3 Å². The van der Waals surface area contributed by atoms with Crippen LogP contribution in [0.1, 0.15) is 15.9 Å². The van der Waals surface area contributed by atoms with Crippen LogP contribution in [-0.2, 0) is 9.59 Å². The molecule has 0 unspecified atom stereocenters. The fraction of sp³-hybridized carbons (Fsp3) is 0.0556. The lowest BCUT2D eigenvalue weighted by Gasteiger charge is -2.10. The van der Waals surface area contributed by atoms with Gasteiger partial charge in [0.1, 0.15) is 18.1 Å². The number of hydrogen-bond acceptors (Lipinski definition) is 3. The smallest absolute Gasteiger partial charge is 0.322 e. The van der Waals surface area contributed by atoms with E-state index in [1.165, 1.54) is 18.2 Å². The van der Waals surface area contributed by atoms with Crippen LogP contribution in [-0.4, -0.2) is 29.4 Å². The van der Waals surface area contributed by atoms with Crippen molar-refractivity contribution in [1.29, 1.82) is 0 Å². The molecule has 25 heavy (non-hydrogen) atoms. The van der Waals surface area contributed by atoms with Gasteiger partial charge in [-0.15, -0.1) is 0 Å². The minimum atomic E-state index is -1.24. The van der Waals surface area contributed by atoms with Crippen molar-refractivity contribution < 1.29 is 23.9 Å². The van der Waals surface area contributed by atoms with Gasteiger partial charge in [0, 0.05) is 11.1 Å². The molecule has 0 fully saturated rings. The Hall–Kier alpha value is -3.48. The molecular formula is C18H15FN2O4. The topological polar surface area (TPSA) is 95.5 Å². The van der Waals surface area contributed by atoms with Crippen LogP contribution in [0.5, 0.6) is 0 Å². The Morgan fingerprint density at radius 2 is 1.64 bits per heavy atom. The fourth-order valence-electron chi connectivity index (χ4n) is 1.94. The van der Waals surface area contributed by atoms with Crippen LogP contribution in [0.15, 0.2) is 60.3 Å². The second kappa shape index (κ2) is 8.39. The zero-order chi connectivity index (χ0) is 18.2. The summed E-state index contributed by atoms with van der Waals surface area (Å²) < 4.78 is 13.8. The van der Waals surface area contributed by atoms with Gasteiger partial charge in [-0.2, -0.15) is 0 Å². The molecule has 0 saturated heterocycles. The Kier molecular flexibility index (Phi) is 6.00. The summed E-state index contributed by atoms with van der Waals surface area (Å²) in [6.45, 7) is -0.630. The van der Waals surface area contributed by atoms with Gasteiger partial charge in [0.2, 0.25) is 0 Å². The molecule has 2 rings (SSSR count). The predicted molar refractivity (Wildman–Crippen MR) is 88.9 cm³/mol. The molecule has 0 atom stereocenters. The van der Waals surface area contributed by atoms with Crippen molar-refractivity contribution in [3.05, 3.63) is 77.2 Å². The SMILES string of the molecule is O=C(O)CNC(=O)/C(=C/c1ccccc1F)NC(=O)c1ccccc1. The zero-order valence-corrected chi connectivity index (χ0v) is 13.0. The van der Waals surface area contributed by atoms with Crippen molar-refractivity contribution in [2.24, 2.45) is 0 Å². The van der Waals surface area contributed by atoms with Crippen LogP contribution in [0.25, 0.3) is 6.08 Å². The Bertz CT molecular complexity index is 819. The summed E-state index contributed by atoms with van der Waals surface area (Å²) >= 11 is 0. The third-order valence-corrected chi connectivity index (χ3v) is 3.13. The Morgan fingerprint density at radius 3 is 2.28 bits per heavy atom. The molecule has 0 aliphatic heterocycles. The highest BCUT2D eigenvalue weighted by Gasteiger charge is 2.16. The summed E-state index contributed by atoms with van der Waals surface area (Å²) in [6, 6.07) is 13.8. The molecule has 2 aromatic carbocycles. The highest BCUT2D eigenvalue weighted by atomic mass is 19.1. The largest absolute Gasteiger partial charge is 0.480 e. The van der Waals surface area contributed by atoms with Gasteiger partial charge >= 0.3 is 5.97 Å². The first-order chi connectivity index (χ1) is 12.0. The van der Waals surface area contributed by atoms with Crippen molar-refractivity contribution in [3.8, 4) is 0 Å². The lowest BCUT2D eigenvalue weighted by Crippen LogP contribution is -2.37. The van der Waals surface area contributed by atoms with Crippen molar-refractivity contribution in [3.63, 3.8) is 0 Å². The van der Waals surface area contributed by atoms with Gasteiger partial charge < -0.3 is 15.7 Å². The van der Waals surface area contributed by atoms with E-state index in [1.54, 1.807) is 36.4 Å². The van der Waals surface area contributed by atoms with Crippen LogP contribution >= 0.6 is 0 Å². The van der Waals surface area contributed by atoms with Crippen molar-refractivity contribution >= 4 is 23.9 Å². The molecule has 128 valence electrons. The number of aliphatic carboxylic acids is 1. The quantitative estimate of drug-likeness (QED) is 0.698. The molecule has 0 saturated carbocycles. The summed E-state index contributed by atoms with van der Waals surface area (Å²) in [5.74, 6) is -3.24. The second-order valence-electron chi connectivity index (χ2n) is 4.98. The number of amides is 2. The van der Waals surface area contributed by atoms with Crippen molar-refractivity contribution in [2.75, 3.05) is 6.54 Å². The van der Waals surface area contributed by atoms with Gasteiger partial charge in [-0.25, -0.2) is 4.39 Å². The summed E-state index contributed by atoms with van der Waals surface area (Å²) in [6.07, 6.45) is 1.15. The highest BCUT2D eigenvalue weighted by Crippen LogP contribution is 2.11. The summed E-state index contributed by atoms with van der Waals surface area (Å²) in [5, 5.41) is 13.2. The third kappa shape index (κ3) is 5.28. The molecule has 0 radical (unpaired) electrons. The number of carboxylic acid groups (broad SMARTS) is 1. The summed E-state index contributed by atoms with van der Waals surface area (Å²) in [7, 11) is 0. The number of hydrogen-bond donors (Lipinski definition) is 3. The lowest BCUT2D eigenvalue weighted by molar-refractivity contribution is -0.137. The zero-order valence-electron chi connectivity index (χ0n) is 13.0. The average molecular weight is 342 g/mol.